The SMILES string of the molecule is CCCOc1cncc(Oc2c(C)c(C(=O)NCc3ccc(S(=O)(=O)CC)cn3)nn2C(C)(C)C)c1C(F)(F)F. The van der Waals surface area contributed by atoms with Gasteiger partial charge in [0.25, 0.3) is 5.91 Å². The van der Waals surface area contributed by atoms with Crippen LogP contribution in [0.5, 0.6) is 17.4 Å². The largest absolute Gasteiger partial charge is 0.491 e. The lowest BCUT2D eigenvalue weighted by Gasteiger charge is -2.23. The molecule has 0 saturated carbocycles. The Bertz CT molecular complexity index is 1460. The van der Waals surface area contributed by atoms with Crippen LogP contribution in [0.3, 0.4) is 0 Å². The third-order valence-corrected chi connectivity index (χ3v) is 7.43. The van der Waals surface area contributed by atoms with Crippen LogP contribution >= 0.6 is 0 Å². The van der Waals surface area contributed by atoms with Crippen molar-refractivity contribution in [2.24, 2.45) is 0 Å². The molecule has 14 heteroatoms. The minimum atomic E-state index is -4.80. The number of ether oxygens (including phenoxy) is 2. The summed E-state index contributed by atoms with van der Waals surface area (Å²) in [6.45, 7) is 10.1. The van der Waals surface area contributed by atoms with Crippen LogP contribution < -0.4 is 14.8 Å². The number of pyridine rings is 2. The quantitative estimate of drug-likeness (QED) is 0.351. The molecule has 0 fully saturated rings. The van der Waals surface area contributed by atoms with Gasteiger partial charge in [0.1, 0.15) is 5.56 Å². The van der Waals surface area contributed by atoms with Crippen LogP contribution in [0, 0.1) is 6.92 Å². The van der Waals surface area contributed by atoms with E-state index in [1.807, 2.05) is 0 Å². The molecular formula is C26H32F3N5O5S. The van der Waals surface area contributed by atoms with Gasteiger partial charge >= 0.3 is 6.18 Å². The van der Waals surface area contributed by atoms with Crippen LogP contribution in [0.25, 0.3) is 0 Å². The highest BCUT2D eigenvalue weighted by atomic mass is 32.2. The second-order valence-electron chi connectivity index (χ2n) is 9.89. The van der Waals surface area contributed by atoms with Gasteiger partial charge in [-0.2, -0.15) is 18.3 Å². The van der Waals surface area contributed by atoms with E-state index in [0.717, 1.165) is 12.4 Å². The second-order valence-corrected chi connectivity index (χ2v) is 12.2. The van der Waals surface area contributed by atoms with Gasteiger partial charge in [-0.1, -0.05) is 13.8 Å². The van der Waals surface area contributed by atoms with Gasteiger partial charge in [-0.05, 0) is 46.2 Å². The van der Waals surface area contributed by atoms with Gasteiger partial charge < -0.3 is 14.8 Å². The number of hydrogen-bond donors (Lipinski definition) is 1. The fourth-order valence-corrected chi connectivity index (χ4v) is 4.42. The van der Waals surface area contributed by atoms with Crippen molar-refractivity contribution < 1.29 is 35.9 Å². The number of rotatable bonds is 10. The zero-order chi connectivity index (χ0) is 29.9. The number of nitrogens with zero attached hydrogens (tertiary/aromatic N) is 4. The zero-order valence-electron chi connectivity index (χ0n) is 23.1. The fourth-order valence-electron chi connectivity index (χ4n) is 3.60. The maximum absolute atomic E-state index is 14.1. The molecule has 40 heavy (non-hydrogen) atoms. The summed E-state index contributed by atoms with van der Waals surface area (Å²) in [6, 6.07) is 2.89. The first-order valence-electron chi connectivity index (χ1n) is 12.5. The first-order chi connectivity index (χ1) is 18.6. The number of sulfone groups is 1. The van der Waals surface area contributed by atoms with E-state index in [1.165, 1.54) is 36.9 Å². The number of hydrogen-bond acceptors (Lipinski definition) is 8. The number of halogens is 3. The van der Waals surface area contributed by atoms with E-state index >= 15 is 0 Å². The topological polar surface area (TPSA) is 125 Å². The molecule has 0 aliphatic heterocycles. The highest BCUT2D eigenvalue weighted by Gasteiger charge is 2.40. The summed E-state index contributed by atoms with van der Waals surface area (Å²) in [5, 5.41) is 7.02. The van der Waals surface area contributed by atoms with Crippen molar-refractivity contribution in [1.82, 2.24) is 25.1 Å². The Balaban J connectivity index is 1.94. The van der Waals surface area contributed by atoms with Crippen LogP contribution in [-0.4, -0.2) is 46.4 Å². The Morgan fingerprint density at radius 3 is 2.30 bits per heavy atom. The lowest BCUT2D eigenvalue weighted by atomic mass is 10.1. The molecule has 1 amide bonds. The Morgan fingerprint density at radius 2 is 1.75 bits per heavy atom. The number of aromatic nitrogens is 4. The minimum Gasteiger partial charge on any atom is -0.491 e. The smallest absolute Gasteiger partial charge is 0.423 e. The van der Waals surface area contributed by atoms with Crippen LogP contribution in [0.15, 0.2) is 35.6 Å². The molecule has 3 heterocycles. The molecule has 0 unspecified atom stereocenters. The first-order valence-corrected chi connectivity index (χ1v) is 14.2. The van der Waals surface area contributed by atoms with E-state index in [1.54, 1.807) is 27.7 Å². The lowest BCUT2D eigenvalue weighted by molar-refractivity contribution is -0.140. The standard InChI is InChI=1S/C26H32F3N5O5S/c1-7-11-38-19-14-30-15-20(21(19)26(27,28)29)39-24-16(3)22(33-34(24)25(4,5)6)23(35)32-12-17-9-10-18(13-31-17)40(36,37)8-2/h9-10,13-15H,7-8,11-12H2,1-6H3,(H,32,35). The van der Waals surface area contributed by atoms with Gasteiger partial charge in [-0.15, -0.1) is 0 Å². The number of amides is 1. The van der Waals surface area contributed by atoms with Crippen molar-refractivity contribution >= 4 is 15.7 Å². The third-order valence-electron chi connectivity index (χ3n) is 5.71. The second kappa shape index (κ2) is 11.8. The Hall–Kier alpha value is -3.68. The zero-order valence-corrected chi connectivity index (χ0v) is 23.9. The molecule has 0 bridgehead atoms. The third kappa shape index (κ3) is 6.90. The van der Waals surface area contributed by atoms with E-state index in [4.69, 9.17) is 9.47 Å². The molecule has 10 nitrogen and oxygen atoms in total. The van der Waals surface area contributed by atoms with Gasteiger partial charge in [0.05, 0.1) is 47.4 Å². The average Bonchev–Trinajstić information content (AvgIpc) is 3.22. The summed E-state index contributed by atoms with van der Waals surface area (Å²) in [5.41, 5.74) is -1.35. The molecule has 0 aliphatic rings. The molecule has 3 aromatic heterocycles. The Labute approximate surface area is 230 Å². The molecule has 3 rings (SSSR count). The molecule has 0 aliphatic carbocycles. The highest BCUT2D eigenvalue weighted by Crippen LogP contribution is 2.44. The summed E-state index contributed by atoms with van der Waals surface area (Å²) in [6.07, 6.45) is -1.17. The van der Waals surface area contributed by atoms with Gasteiger partial charge in [0.2, 0.25) is 5.88 Å². The normalized spacial score (nSPS) is 12.3. The molecule has 0 spiro atoms. The van der Waals surface area contributed by atoms with Gasteiger partial charge in [-0.3, -0.25) is 14.8 Å². The van der Waals surface area contributed by atoms with Crippen molar-refractivity contribution in [3.8, 4) is 17.4 Å². The molecule has 0 atom stereocenters. The predicted molar refractivity (Wildman–Crippen MR) is 140 cm³/mol. The minimum absolute atomic E-state index is 0.0394. The van der Waals surface area contributed by atoms with Gasteiger partial charge in [0, 0.05) is 11.8 Å². The lowest BCUT2D eigenvalue weighted by Crippen LogP contribution is -2.27. The van der Waals surface area contributed by atoms with E-state index in [-0.39, 0.29) is 40.9 Å². The Kier molecular flexibility index (Phi) is 9.12. The monoisotopic (exact) mass is 583 g/mol. The van der Waals surface area contributed by atoms with Crippen LogP contribution in [0.1, 0.15) is 68.3 Å². The molecular weight excluding hydrogens is 551 g/mol. The highest BCUT2D eigenvalue weighted by molar-refractivity contribution is 7.91. The summed E-state index contributed by atoms with van der Waals surface area (Å²) >= 11 is 0. The number of alkyl halides is 3. The molecule has 218 valence electrons. The summed E-state index contributed by atoms with van der Waals surface area (Å²) in [7, 11) is -3.42. The van der Waals surface area contributed by atoms with Crippen molar-refractivity contribution in [1.29, 1.82) is 0 Å². The average molecular weight is 584 g/mol. The van der Waals surface area contributed by atoms with Crippen LogP contribution in [0.2, 0.25) is 0 Å². The van der Waals surface area contributed by atoms with Crippen LogP contribution in [0.4, 0.5) is 13.2 Å². The summed E-state index contributed by atoms with van der Waals surface area (Å²) in [4.78, 5) is 21.1. The predicted octanol–water partition coefficient (Wildman–Crippen LogP) is 5.06. The molecule has 1 N–H and O–H groups in total. The fraction of sp³-hybridized carbons (Fsp3) is 0.462. The van der Waals surface area contributed by atoms with Gasteiger partial charge in [-0.25, -0.2) is 13.1 Å². The summed E-state index contributed by atoms with van der Waals surface area (Å²) in [5.74, 6) is -1.81. The Morgan fingerprint density at radius 1 is 1.07 bits per heavy atom. The van der Waals surface area contributed by atoms with E-state index in [9.17, 15) is 26.4 Å². The van der Waals surface area contributed by atoms with E-state index < -0.39 is 44.5 Å². The number of carbonyl (C=O) groups excluding carboxylic acids is 1. The van der Waals surface area contributed by atoms with Crippen molar-refractivity contribution in [3.63, 3.8) is 0 Å². The van der Waals surface area contributed by atoms with Crippen molar-refractivity contribution in [2.45, 2.75) is 71.1 Å². The van der Waals surface area contributed by atoms with Crippen molar-refractivity contribution in [2.75, 3.05) is 12.4 Å². The van der Waals surface area contributed by atoms with Crippen LogP contribution in [-0.2, 0) is 28.1 Å². The number of carbonyl (C=O) groups is 1. The van der Waals surface area contributed by atoms with Crippen molar-refractivity contribution in [3.05, 3.63) is 53.2 Å². The molecule has 0 aromatic carbocycles. The molecule has 0 saturated heterocycles. The summed E-state index contributed by atoms with van der Waals surface area (Å²) < 4.78 is 78.6. The maximum Gasteiger partial charge on any atom is 0.423 e. The van der Waals surface area contributed by atoms with E-state index in [0.29, 0.717) is 12.1 Å². The first kappa shape index (κ1) is 30.9. The van der Waals surface area contributed by atoms with E-state index in [2.05, 4.69) is 20.4 Å². The van der Waals surface area contributed by atoms with Gasteiger partial charge in [0.15, 0.2) is 27.0 Å². The molecule has 3 aromatic rings. The molecule has 0 radical (unpaired) electrons. The number of nitrogens with one attached hydrogen (secondary N) is 1. The maximum atomic E-state index is 14.1.